The minimum atomic E-state index is -0.264. The second-order valence-electron chi connectivity index (χ2n) is 5.32. The molecule has 2 rings (SSSR count). The third kappa shape index (κ3) is 3.42. The highest BCUT2D eigenvalue weighted by Crippen LogP contribution is 2.25. The normalized spacial score (nSPS) is 27.1. The molecule has 2 N–H and O–H groups in total. The Balaban J connectivity index is 1.94. The fourth-order valence-electron chi connectivity index (χ4n) is 2.56. The van der Waals surface area contributed by atoms with Crippen molar-refractivity contribution in [2.24, 2.45) is 5.73 Å². The lowest BCUT2D eigenvalue weighted by Crippen LogP contribution is -2.48. The lowest BCUT2D eigenvalue weighted by Gasteiger charge is -2.27. The predicted molar refractivity (Wildman–Crippen MR) is 76.7 cm³/mol. The number of unbranched alkanes of at least 4 members (excludes halogenated alkanes) is 1. The number of nitrogens with two attached hydrogens (primary N) is 1. The number of amides is 2. The summed E-state index contributed by atoms with van der Waals surface area (Å²) in [5, 5.41) is 0. The quantitative estimate of drug-likeness (QED) is 0.823. The Hall–Kier alpha value is -0.750. The molecule has 0 aromatic rings. The molecule has 0 bridgehead atoms. The molecule has 5 nitrogen and oxygen atoms in total. The van der Waals surface area contributed by atoms with Crippen LogP contribution >= 0.6 is 11.8 Å². The van der Waals surface area contributed by atoms with Gasteiger partial charge < -0.3 is 15.5 Å². The maximum atomic E-state index is 12.4. The molecule has 2 fully saturated rings. The van der Waals surface area contributed by atoms with E-state index in [0.29, 0.717) is 18.8 Å². The zero-order valence-corrected chi connectivity index (χ0v) is 12.3. The number of thioether (sulfide) groups is 1. The maximum absolute atomic E-state index is 12.4. The summed E-state index contributed by atoms with van der Waals surface area (Å²) in [6.45, 7) is 3.44. The van der Waals surface area contributed by atoms with Crippen molar-refractivity contribution in [2.45, 2.75) is 44.7 Å². The van der Waals surface area contributed by atoms with Gasteiger partial charge in [-0.15, -0.1) is 11.8 Å². The Morgan fingerprint density at radius 1 is 1.42 bits per heavy atom. The Bertz CT molecular complexity index is 351. The van der Waals surface area contributed by atoms with Gasteiger partial charge in [-0.3, -0.25) is 9.59 Å². The number of carbonyl (C=O) groups excluding carboxylic acids is 2. The molecule has 2 saturated heterocycles. The van der Waals surface area contributed by atoms with E-state index in [1.807, 2.05) is 4.90 Å². The second kappa shape index (κ2) is 6.61. The van der Waals surface area contributed by atoms with Crippen molar-refractivity contribution in [3.05, 3.63) is 0 Å². The Morgan fingerprint density at radius 2 is 2.21 bits per heavy atom. The van der Waals surface area contributed by atoms with Gasteiger partial charge in [0.25, 0.3) is 0 Å². The molecule has 2 atom stereocenters. The Kier molecular flexibility index (Phi) is 5.10. The predicted octanol–water partition coefficient (Wildman–Crippen LogP) is 0.638. The summed E-state index contributed by atoms with van der Waals surface area (Å²) >= 11 is 1.67. The third-order valence-electron chi connectivity index (χ3n) is 3.77. The van der Waals surface area contributed by atoms with E-state index in [0.717, 1.165) is 31.6 Å². The van der Waals surface area contributed by atoms with E-state index < -0.39 is 0 Å². The van der Waals surface area contributed by atoms with Crippen LogP contribution in [0.15, 0.2) is 0 Å². The molecular formula is C13H23N3O2S. The first kappa shape index (κ1) is 14.7. The topological polar surface area (TPSA) is 66.6 Å². The van der Waals surface area contributed by atoms with Crippen molar-refractivity contribution in [1.29, 1.82) is 0 Å². The van der Waals surface area contributed by atoms with E-state index >= 15 is 0 Å². The van der Waals surface area contributed by atoms with Gasteiger partial charge in [-0.25, -0.2) is 0 Å². The summed E-state index contributed by atoms with van der Waals surface area (Å²) in [6.07, 6.45) is 3.33. The summed E-state index contributed by atoms with van der Waals surface area (Å²) in [5.41, 5.74) is 5.84. The number of carbonyl (C=O) groups is 2. The van der Waals surface area contributed by atoms with Crippen LogP contribution < -0.4 is 5.73 Å². The average molecular weight is 285 g/mol. The summed E-state index contributed by atoms with van der Waals surface area (Å²) < 4.78 is 0. The summed E-state index contributed by atoms with van der Waals surface area (Å²) in [6, 6.07) is -0.165. The van der Waals surface area contributed by atoms with Crippen LogP contribution in [0, 0.1) is 0 Å². The fraction of sp³-hybridized carbons (Fsp3) is 0.846. The highest BCUT2D eigenvalue weighted by atomic mass is 32.2. The van der Waals surface area contributed by atoms with Crippen LogP contribution in [0.4, 0.5) is 0 Å². The Labute approximate surface area is 118 Å². The molecule has 108 valence electrons. The van der Waals surface area contributed by atoms with E-state index in [1.165, 1.54) is 0 Å². The van der Waals surface area contributed by atoms with Crippen LogP contribution in [0.3, 0.4) is 0 Å². The van der Waals surface area contributed by atoms with Gasteiger partial charge in [0.2, 0.25) is 11.8 Å². The smallest absolute Gasteiger partial charge is 0.246 e. The van der Waals surface area contributed by atoms with Crippen LogP contribution in [-0.2, 0) is 9.59 Å². The SMILES string of the molecule is CCCCC(=O)N1CSCC1C(=O)N1CC[C@@H](N)C1. The van der Waals surface area contributed by atoms with Crippen molar-refractivity contribution < 1.29 is 9.59 Å². The van der Waals surface area contributed by atoms with E-state index in [1.54, 1.807) is 16.7 Å². The fourth-order valence-corrected chi connectivity index (χ4v) is 3.73. The summed E-state index contributed by atoms with van der Waals surface area (Å²) in [5.74, 6) is 1.58. The van der Waals surface area contributed by atoms with Gasteiger partial charge in [0.05, 0.1) is 5.88 Å². The number of rotatable bonds is 4. The first-order valence-electron chi connectivity index (χ1n) is 7.05. The van der Waals surface area contributed by atoms with Crippen molar-refractivity contribution in [1.82, 2.24) is 9.80 Å². The minimum absolute atomic E-state index is 0.0859. The molecule has 1 unspecified atom stereocenters. The molecule has 0 aliphatic carbocycles. The molecule has 19 heavy (non-hydrogen) atoms. The van der Waals surface area contributed by atoms with E-state index in [4.69, 9.17) is 5.73 Å². The van der Waals surface area contributed by atoms with Gasteiger partial charge >= 0.3 is 0 Å². The van der Waals surface area contributed by atoms with Gasteiger partial charge in [0, 0.05) is 31.3 Å². The van der Waals surface area contributed by atoms with Gasteiger partial charge in [0.1, 0.15) is 6.04 Å². The van der Waals surface area contributed by atoms with Crippen molar-refractivity contribution in [3.63, 3.8) is 0 Å². The van der Waals surface area contributed by atoms with E-state index in [2.05, 4.69) is 6.92 Å². The van der Waals surface area contributed by atoms with E-state index in [9.17, 15) is 9.59 Å². The van der Waals surface area contributed by atoms with Gasteiger partial charge in [-0.1, -0.05) is 13.3 Å². The highest BCUT2D eigenvalue weighted by molar-refractivity contribution is 7.99. The van der Waals surface area contributed by atoms with Gasteiger partial charge in [-0.2, -0.15) is 0 Å². The van der Waals surface area contributed by atoms with Crippen molar-refractivity contribution in [2.75, 3.05) is 24.7 Å². The van der Waals surface area contributed by atoms with E-state index in [-0.39, 0.29) is 23.9 Å². The molecule has 0 spiro atoms. The molecule has 6 heteroatoms. The van der Waals surface area contributed by atoms with Crippen LogP contribution in [-0.4, -0.2) is 58.4 Å². The maximum Gasteiger partial charge on any atom is 0.246 e. The van der Waals surface area contributed by atoms with Crippen molar-refractivity contribution >= 4 is 23.6 Å². The molecule has 2 amide bonds. The number of nitrogens with zero attached hydrogens (tertiary/aromatic N) is 2. The summed E-state index contributed by atoms with van der Waals surface area (Å²) in [4.78, 5) is 28.1. The largest absolute Gasteiger partial charge is 0.339 e. The molecule has 2 aliphatic rings. The standard InChI is InChI=1S/C13H23N3O2S/c1-2-3-4-12(17)16-9-19-8-11(16)13(18)15-6-5-10(14)7-15/h10-11H,2-9,14H2,1H3/t10-,11?/m1/s1. The average Bonchev–Trinajstić information content (AvgIpc) is 3.03. The third-order valence-corrected chi connectivity index (χ3v) is 4.78. The van der Waals surface area contributed by atoms with Crippen LogP contribution in [0.2, 0.25) is 0 Å². The lowest BCUT2D eigenvalue weighted by molar-refractivity contribution is -0.142. The van der Waals surface area contributed by atoms with Gasteiger partial charge in [0.15, 0.2) is 0 Å². The molecule has 0 aromatic carbocycles. The second-order valence-corrected chi connectivity index (χ2v) is 6.32. The highest BCUT2D eigenvalue weighted by Gasteiger charge is 2.38. The zero-order valence-electron chi connectivity index (χ0n) is 11.5. The molecule has 0 aromatic heterocycles. The molecular weight excluding hydrogens is 262 g/mol. The zero-order chi connectivity index (χ0) is 13.8. The van der Waals surface area contributed by atoms with Gasteiger partial charge in [-0.05, 0) is 12.8 Å². The Morgan fingerprint density at radius 3 is 2.84 bits per heavy atom. The van der Waals surface area contributed by atoms with Crippen LogP contribution in [0.5, 0.6) is 0 Å². The lowest BCUT2D eigenvalue weighted by atomic mass is 10.2. The molecule has 2 heterocycles. The first-order valence-corrected chi connectivity index (χ1v) is 8.20. The number of hydrogen-bond donors (Lipinski definition) is 1. The van der Waals surface area contributed by atoms with Crippen LogP contribution in [0.1, 0.15) is 32.6 Å². The number of likely N-dealkylation sites (tertiary alicyclic amines) is 1. The first-order chi connectivity index (χ1) is 9.13. The molecule has 0 radical (unpaired) electrons. The monoisotopic (exact) mass is 285 g/mol. The molecule has 2 aliphatic heterocycles. The number of hydrogen-bond acceptors (Lipinski definition) is 4. The minimum Gasteiger partial charge on any atom is -0.339 e. The van der Waals surface area contributed by atoms with Crippen molar-refractivity contribution in [3.8, 4) is 0 Å². The summed E-state index contributed by atoms with van der Waals surface area (Å²) in [7, 11) is 0. The van der Waals surface area contributed by atoms with Crippen LogP contribution in [0.25, 0.3) is 0 Å². The molecule has 0 saturated carbocycles.